The van der Waals surface area contributed by atoms with Crippen LogP contribution in [0.25, 0.3) is 22.3 Å². The van der Waals surface area contributed by atoms with Gasteiger partial charge in [0.2, 0.25) is 11.8 Å². The van der Waals surface area contributed by atoms with Crippen LogP contribution < -0.4 is 16.2 Å². The standard InChI is InChI=1S/C34H37FN4O8/c1-6-34(45)20-11-24-30-18(14-39(24)31(43)19(20)15-46-32(34)44)29-22(8-7-17-16(2)21(35)12-23(38-30)28(17)29)37-26(41)13-36-25(40)9-10-27(42)47-33(3,4)5/h11-12,22,45H,6-10,13-15H2,1-5H3,(H,36,40)(H,37,41)/t22-,34-/m0/s1. The van der Waals surface area contributed by atoms with Gasteiger partial charge in [-0.2, -0.15) is 0 Å². The van der Waals surface area contributed by atoms with Crippen LogP contribution in [0.3, 0.4) is 0 Å². The highest BCUT2D eigenvalue weighted by Gasteiger charge is 2.46. The van der Waals surface area contributed by atoms with E-state index >= 15 is 4.39 Å². The van der Waals surface area contributed by atoms with E-state index in [4.69, 9.17) is 14.5 Å². The van der Waals surface area contributed by atoms with E-state index in [1.807, 2.05) is 0 Å². The van der Waals surface area contributed by atoms with Crippen LogP contribution in [-0.2, 0) is 53.8 Å². The molecular weight excluding hydrogens is 611 g/mol. The average Bonchev–Trinajstić information content (AvgIpc) is 3.38. The Balaban J connectivity index is 1.33. The largest absolute Gasteiger partial charge is 0.460 e. The lowest BCUT2D eigenvalue weighted by Crippen LogP contribution is -2.44. The zero-order valence-corrected chi connectivity index (χ0v) is 27.0. The Morgan fingerprint density at radius 2 is 1.89 bits per heavy atom. The van der Waals surface area contributed by atoms with Gasteiger partial charge in [0.15, 0.2) is 5.60 Å². The molecule has 0 radical (unpaired) electrons. The molecule has 2 amide bonds. The molecule has 2 atom stereocenters. The summed E-state index contributed by atoms with van der Waals surface area (Å²) >= 11 is 0. The Morgan fingerprint density at radius 1 is 1.15 bits per heavy atom. The van der Waals surface area contributed by atoms with E-state index in [2.05, 4.69) is 10.6 Å². The topological polar surface area (TPSA) is 166 Å². The third kappa shape index (κ3) is 5.56. The van der Waals surface area contributed by atoms with Gasteiger partial charge in [0.05, 0.1) is 48.0 Å². The van der Waals surface area contributed by atoms with Crippen molar-refractivity contribution in [3.8, 4) is 11.4 Å². The fourth-order valence-electron chi connectivity index (χ4n) is 6.82. The minimum absolute atomic E-state index is 0.00945. The lowest BCUT2D eigenvalue weighted by atomic mass is 9.81. The molecule has 12 nitrogen and oxygen atoms in total. The first kappa shape index (κ1) is 32.3. The Bertz CT molecular complexity index is 1950. The van der Waals surface area contributed by atoms with Crippen LogP contribution >= 0.6 is 0 Å². The third-order valence-electron chi connectivity index (χ3n) is 9.14. The molecule has 0 bridgehead atoms. The predicted octanol–water partition coefficient (Wildman–Crippen LogP) is 2.87. The predicted molar refractivity (Wildman–Crippen MR) is 167 cm³/mol. The van der Waals surface area contributed by atoms with Crippen molar-refractivity contribution in [3.05, 3.63) is 61.7 Å². The number of amides is 2. The van der Waals surface area contributed by atoms with Gasteiger partial charge in [-0.05, 0) is 69.7 Å². The summed E-state index contributed by atoms with van der Waals surface area (Å²) in [6.45, 7) is 8.02. The number of nitrogens with one attached hydrogen (secondary N) is 2. The second-order valence-electron chi connectivity index (χ2n) is 13.3. The highest BCUT2D eigenvalue weighted by atomic mass is 19.1. The number of halogens is 1. The number of cyclic esters (lactones) is 1. The van der Waals surface area contributed by atoms with Gasteiger partial charge >= 0.3 is 11.9 Å². The number of ether oxygens (including phenoxy) is 2. The first-order valence-electron chi connectivity index (χ1n) is 15.7. The molecule has 1 aliphatic carbocycles. The number of hydrogen-bond donors (Lipinski definition) is 3. The van der Waals surface area contributed by atoms with Crippen LogP contribution in [0.2, 0.25) is 0 Å². The highest BCUT2D eigenvalue weighted by Crippen LogP contribution is 2.45. The van der Waals surface area contributed by atoms with E-state index in [9.17, 15) is 29.1 Å². The summed E-state index contributed by atoms with van der Waals surface area (Å²) in [7, 11) is 0. The van der Waals surface area contributed by atoms with Crippen molar-refractivity contribution in [2.24, 2.45) is 0 Å². The van der Waals surface area contributed by atoms with Crippen LogP contribution in [0.5, 0.6) is 0 Å². The zero-order valence-electron chi connectivity index (χ0n) is 27.0. The lowest BCUT2D eigenvalue weighted by Gasteiger charge is -2.31. The number of hydrogen-bond acceptors (Lipinski definition) is 9. The van der Waals surface area contributed by atoms with Gasteiger partial charge in [0.25, 0.3) is 5.56 Å². The smallest absolute Gasteiger partial charge is 0.343 e. The monoisotopic (exact) mass is 648 g/mol. The number of nitrogens with zero attached hydrogens (tertiary/aromatic N) is 2. The number of rotatable bonds is 7. The molecule has 2 aliphatic heterocycles. The van der Waals surface area contributed by atoms with Crippen molar-refractivity contribution >= 4 is 34.7 Å². The molecule has 0 spiro atoms. The molecule has 2 aromatic heterocycles. The van der Waals surface area contributed by atoms with Crippen LogP contribution in [0.4, 0.5) is 4.39 Å². The van der Waals surface area contributed by atoms with E-state index in [1.54, 1.807) is 40.7 Å². The fourth-order valence-corrected chi connectivity index (χ4v) is 6.82. The number of fused-ring (bicyclic) bond motifs is 5. The van der Waals surface area contributed by atoms with Crippen molar-refractivity contribution in [2.45, 2.75) is 97.1 Å². The second-order valence-corrected chi connectivity index (χ2v) is 13.3. The van der Waals surface area contributed by atoms with Crippen LogP contribution in [-0.4, -0.2) is 50.6 Å². The van der Waals surface area contributed by atoms with E-state index in [0.29, 0.717) is 51.8 Å². The van der Waals surface area contributed by atoms with Gasteiger partial charge in [-0.3, -0.25) is 19.2 Å². The van der Waals surface area contributed by atoms with Crippen molar-refractivity contribution in [1.82, 2.24) is 20.2 Å². The molecule has 0 unspecified atom stereocenters. The lowest BCUT2D eigenvalue weighted by molar-refractivity contribution is -0.172. The summed E-state index contributed by atoms with van der Waals surface area (Å²) in [4.78, 5) is 68.7. The van der Waals surface area contributed by atoms with Gasteiger partial charge in [0, 0.05) is 29.0 Å². The average molecular weight is 649 g/mol. The van der Waals surface area contributed by atoms with Gasteiger partial charge < -0.3 is 29.8 Å². The Kier molecular flexibility index (Phi) is 7.94. The normalized spacial score (nSPS) is 19.4. The maximum absolute atomic E-state index is 15.1. The van der Waals surface area contributed by atoms with Gasteiger partial charge in [-0.25, -0.2) is 14.2 Å². The van der Waals surface area contributed by atoms with E-state index in [0.717, 1.165) is 5.56 Å². The highest BCUT2D eigenvalue weighted by molar-refractivity contribution is 5.94. The Hall–Kier alpha value is -4.65. The summed E-state index contributed by atoms with van der Waals surface area (Å²) in [5.41, 5.74) is 1.00. The van der Waals surface area contributed by atoms with Crippen LogP contribution in [0.1, 0.15) is 92.8 Å². The SMILES string of the molecule is CC[C@@]1(O)C(=O)OCc2c1cc1n(c2=O)Cc2c-1nc1cc(F)c(C)c3c1c2[C@@H](NC(=O)CNC(=O)CCC(=O)OC(C)(C)C)CC3. The summed E-state index contributed by atoms with van der Waals surface area (Å²) in [5.74, 6) is -2.72. The second kappa shape index (κ2) is 11.5. The minimum atomic E-state index is -2.00. The van der Waals surface area contributed by atoms with Gasteiger partial charge in [-0.15, -0.1) is 0 Å². The van der Waals surface area contributed by atoms with Crippen molar-refractivity contribution in [1.29, 1.82) is 0 Å². The number of pyridine rings is 2. The molecule has 0 saturated heterocycles. The van der Waals surface area contributed by atoms with Crippen LogP contribution in [0.15, 0.2) is 16.9 Å². The summed E-state index contributed by atoms with van der Waals surface area (Å²) < 4.78 is 27.0. The molecule has 6 rings (SSSR count). The molecule has 13 heteroatoms. The molecule has 0 saturated carbocycles. The Labute approximate surface area is 269 Å². The molecule has 248 valence electrons. The molecule has 3 N–H and O–H groups in total. The summed E-state index contributed by atoms with van der Waals surface area (Å²) in [6.07, 6.45) is 0.625. The quantitative estimate of drug-likeness (QED) is 0.256. The summed E-state index contributed by atoms with van der Waals surface area (Å²) in [5, 5.41) is 17.5. The molecule has 3 aliphatic rings. The number of esters is 2. The van der Waals surface area contributed by atoms with Gasteiger partial charge in [-0.1, -0.05) is 6.92 Å². The van der Waals surface area contributed by atoms with E-state index < -0.39 is 52.4 Å². The molecule has 1 aromatic carbocycles. The number of carbonyl (C=O) groups is 4. The number of benzene rings is 1. The fraction of sp³-hybridized carbons (Fsp3) is 0.471. The van der Waals surface area contributed by atoms with Crippen molar-refractivity contribution < 1.29 is 38.1 Å². The molecule has 47 heavy (non-hydrogen) atoms. The third-order valence-corrected chi connectivity index (χ3v) is 9.14. The maximum atomic E-state index is 15.1. The number of carbonyl (C=O) groups excluding carboxylic acids is 4. The molecule has 3 aromatic rings. The summed E-state index contributed by atoms with van der Waals surface area (Å²) in [6, 6.07) is 2.38. The first-order chi connectivity index (χ1) is 22.1. The number of aromatic nitrogens is 2. The van der Waals surface area contributed by atoms with Crippen LogP contribution in [0, 0.1) is 12.7 Å². The zero-order chi connectivity index (χ0) is 34.0. The molecule has 4 heterocycles. The number of aryl methyl sites for hydroxylation is 1. The minimum Gasteiger partial charge on any atom is -0.460 e. The van der Waals surface area contributed by atoms with E-state index in [-0.39, 0.29) is 50.1 Å². The Morgan fingerprint density at radius 3 is 2.60 bits per heavy atom. The van der Waals surface area contributed by atoms with E-state index in [1.165, 1.54) is 10.6 Å². The molecular formula is C34H37FN4O8. The first-order valence-corrected chi connectivity index (χ1v) is 15.7. The van der Waals surface area contributed by atoms with Crippen molar-refractivity contribution in [3.63, 3.8) is 0 Å². The molecule has 0 fully saturated rings. The van der Waals surface area contributed by atoms with Gasteiger partial charge in [0.1, 0.15) is 18.0 Å². The number of aliphatic hydroxyl groups is 1. The maximum Gasteiger partial charge on any atom is 0.343 e. The van der Waals surface area contributed by atoms with Crippen molar-refractivity contribution in [2.75, 3.05) is 6.54 Å².